The van der Waals surface area contributed by atoms with Crippen LogP contribution in [0.15, 0.2) is 24.3 Å². The second-order valence-electron chi connectivity index (χ2n) is 5.27. The van der Waals surface area contributed by atoms with E-state index in [-0.39, 0.29) is 0 Å². The first-order valence-corrected chi connectivity index (χ1v) is 6.38. The molecular weight excluding hydrogens is 222 g/mol. The van der Waals surface area contributed by atoms with Gasteiger partial charge in [-0.15, -0.1) is 0 Å². The first-order chi connectivity index (χ1) is 8.49. The number of nitrogens with zero attached hydrogens (tertiary/aromatic N) is 2. The summed E-state index contributed by atoms with van der Waals surface area (Å²) in [6.45, 7) is 9.38. The van der Waals surface area contributed by atoms with Crippen LogP contribution >= 0.6 is 0 Å². The Bertz CT molecular complexity index is 553. The minimum atomic E-state index is 0.561. The lowest BCUT2D eigenvalue weighted by Crippen LogP contribution is -2.09. The molecule has 0 aliphatic rings. The molecule has 1 aromatic carbocycles. The fourth-order valence-corrected chi connectivity index (χ4v) is 2.18. The number of aryl methyl sites for hydroxylation is 2. The predicted molar refractivity (Wildman–Crippen MR) is 76.4 cm³/mol. The molecule has 2 aromatic rings. The second kappa shape index (κ2) is 4.84. The highest BCUT2D eigenvalue weighted by Crippen LogP contribution is 2.27. The van der Waals surface area contributed by atoms with Crippen LogP contribution in [0.2, 0.25) is 0 Å². The van der Waals surface area contributed by atoms with Gasteiger partial charge < -0.3 is 10.3 Å². The van der Waals surface area contributed by atoms with Crippen LogP contribution in [0.5, 0.6) is 0 Å². The molecule has 0 spiro atoms. The van der Waals surface area contributed by atoms with Gasteiger partial charge in [0.15, 0.2) is 0 Å². The number of aromatic nitrogens is 2. The Morgan fingerprint density at radius 3 is 2.61 bits per heavy atom. The lowest BCUT2D eigenvalue weighted by molar-refractivity contribution is 0.518. The van der Waals surface area contributed by atoms with Crippen LogP contribution in [0.1, 0.15) is 25.2 Å². The summed E-state index contributed by atoms with van der Waals surface area (Å²) < 4.78 is 2.10. The van der Waals surface area contributed by atoms with Gasteiger partial charge in [0.25, 0.3) is 0 Å². The summed E-state index contributed by atoms with van der Waals surface area (Å²) in [5.41, 5.74) is 9.46. The zero-order valence-electron chi connectivity index (χ0n) is 11.6. The van der Waals surface area contributed by atoms with Crippen molar-refractivity contribution in [2.75, 3.05) is 5.73 Å². The van der Waals surface area contributed by atoms with E-state index in [2.05, 4.69) is 48.5 Å². The molecule has 0 aliphatic heterocycles. The molecule has 0 bridgehead atoms. The van der Waals surface area contributed by atoms with E-state index in [1.165, 1.54) is 5.56 Å². The Hall–Kier alpha value is -1.77. The first-order valence-electron chi connectivity index (χ1n) is 6.38. The van der Waals surface area contributed by atoms with Crippen molar-refractivity contribution in [3.63, 3.8) is 0 Å². The van der Waals surface area contributed by atoms with Gasteiger partial charge in [0.05, 0.1) is 0 Å². The molecule has 3 nitrogen and oxygen atoms in total. The van der Waals surface area contributed by atoms with Crippen LogP contribution in [0, 0.1) is 19.8 Å². The molecule has 2 N–H and O–H groups in total. The molecule has 0 atom stereocenters. The van der Waals surface area contributed by atoms with Crippen LogP contribution in [0.25, 0.3) is 11.3 Å². The summed E-state index contributed by atoms with van der Waals surface area (Å²) >= 11 is 0. The number of rotatable bonds is 3. The third kappa shape index (κ3) is 2.40. The van der Waals surface area contributed by atoms with Crippen LogP contribution in [-0.2, 0) is 6.54 Å². The standard InChI is InChI=1S/C15H21N3/c1-10(2)9-18-12(4)17-14(15(18)16)13-7-5-6-11(3)8-13/h5-8,10H,9,16H2,1-4H3. The second-order valence-corrected chi connectivity index (χ2v) is 5.27. The summed E-state index contributed by atoms with van der Waals surface area (Å²) in [6.07, 6.45) is 0. The zero-order valence-corrected chi connectivity index (χ0v) is 11.6. The molecule has 1 heterocycles. The largest absolute Gasteiger partial charge is 0.383 e. The predicted octanol–water partition coefficient (Wildman–Crippen LogP) is 3.41. The fourth-order valence-electron chi connectivity index (χ4n) is 2.18. The lowest BCUT2D eigenvalue weighted by Gasteiger charge is -2.10. The van der Waals surface area contributed by atoms with E-state index >= 15 is 0 Å². The van der Waals surface area contributed by atoms with Gasteiger partial charge in [-0.05, 0) is 25.8 Å². The number of hydrogen-bond acceptors (Lipinski definition) is 2. The Morgan fingerprint density at radius 2 is 2.00 bits per heavy atom. The number of benzene rings is 1. The topological polar surface area (TPSA) is 43.8 Å². The van der Waals surface area contributed by atoms with Gasteiger partial charge >= 0.3 is 0 Å². The SMILES string of the molecule is Cc1cccc(-c2nc(C)n(CC(C)C)c2N)c1. The number of nitrogens with two attached hydrogens (primary N) is 1. The van der Waals surface area contributed by atoms with Crippen molar-refractivity contribution in [3.8, 4) is 11.3 Å². The molecule has 0 amide bonds. The molecule has 0 aliphatic carbocycles. The maximum atomic E-state index is 6.24. The molecular formula is C15H21N3. The molecule has 0 saturated heterocycles. The van der Waals surface area contributed by atoms with Gasteiger partial charge in [0.2, 0.25) is 0 Å². The third-order valence-electron chi connectivity index (χ3n) is 3.04. The van der Waals surface area contributed by atoms with E-state index in [0.717, 1.165) is 29.4 Å². The third-order valence-corrected chi connectivity index (χ3v) is 3.04. The minimum Gasteiger partial charge on any atom is -0.383 e. The Kier molecular flexibility index (Phi) is 3.41. The molecule has 0 fully saturated rings. The Morgan fingerprint density at radius 1 is 1.28 bits per heavy atom. The lowest BCUT2D eigenvalue weighted by atomic mass is 10.1. The maximum Gasteiger partial charge on any atom is 0.131 e. The summed E-state index contributed by atoms with van der Waals surface area (Å²) in [7, 11) is 0. The normalized spacial score (nSPS) is 11.2. The average molecular weight is 243 g/mol. The fraction of sp³-hybridized carbons (Fsp3) is 0.400. The zero-order chi connectivity index (χ0) is 13.3. The average Bonchev–Trinajstić information content (AvgIpc) is 2.56. The van der Waals surface area contributed by atoms with Crippen LogP contribution in [0.4, 0.5) is 5.82 Å². The highest BCUT2D eigenvalue weighted by atomic mass is 15.1. The Labute approximate surface area is 109 Å². The summed E-state index contributed by atoms with van der Waals surface area (Å²) in [6, 6.07) is 8.31. The van der Waals surface area contributed by atoms with Crippen molar-refractivity contribution in [1.29, 1.82) is 0 Å². The van der Waals surface area contributed by atoms with Gasteiger partial charge in [-0.1, -0.05) is 37.6 Å². The minimum absolute atomic E-state index is 0.561. The van der Waals surface area contributed by atoms with E-state index in [0.29, 0.717) is 5.92 Å². The van der Waals surface area contributed by atoms with E-state index in [1.54, 1.807) is 0 Å². The van der Waals surface area contributed by atoms with Gasteiger partial charge in [-0.3, -0.25) is 0 Å². The van der Waals surface area contributed by atoms with Crippen molar-refractivity contribution in [2.24, 2.45) is 5.92 Å². The van der Waals surface area contributed by atoms with Gasteiger partial charge in [-0.25, -0.2) is 4.98 Å². The number of anilines is 1. The number of nitrogen functional groups attached to an aromatic ring is 1. The molecule has 2 rings (SSSR count). The number of hydrogen-bond donors (Lipinski definition) is 1. The van der Waals surface area contributed by atoms with E-state index in [9.17, 15) is 0 Å². The van der Waals surface area contributed by atoms with Crippen molar-refractivity contribution in [1.82, 2.24) is 9.55 Å². The monoisotopic (exact) mass is 243 g/mol. The molecule has 18 heavy (non-hydrogen) atoms. The first kappa shape index (κ1) is 12.7. The highest BCUT2D eigenvalue weighted by molar-refractivity contribution is 5.71. The maximum absolute atomic E-state index is 6.24. The van der Waals surface area contributed by atoms with Gasteiger partial charge in [-0.2, -0.15) is 0 Å². The van der Waals surface area contributed by atoms with Crippen LogP contribution < -0.4 is 5.73 Å². The smallest absolute Gasteiger partial charge is 0.131 e. The molecule has 0 radical (unpaired) electrons. The summed E-state index contributed by atoms with van der Waals surface area (Å²) in [4.78, 5) is 4.61. The Balaban J connectivity index is 2.47. The number of imidazole rings is 1. The quantitative estimate of drug-likeness (QED) is 0.897. The van der Waals surface area contributed by atoms with Crippen molar-refractivity contribution >= 4 is 5.82 Å². The van der Waals surface area contributed by atoms with Crippen molar-refractivity contribution in [2.45, 2.75) is 34.2 Å². The molecule has 0 unspecified atom stereocenters. The summed E-state index contributed by atoms with van der Waals surface area (Å²) in [5.74, 6) is 2.31. The highest BCUT2D eigenvalue weighted by Gasteiger charge is 2.14. The molecule has 0 saturated carbocycles. The van der Waals surface area contributed by atoms with Gasteiger partial charge in [0.1, 0.15) is 17.3 Å². The van der Waals surface area contributed by atoms with E-state index in [4.69, 9.17) is 5.73 Å². The summed E-state index contributed by atoms with van der Waals surface area (Å²) in [5, 5.41) is 0. The van der Waals surface area contributed by atoms with Crippen LogP contribution in [0.3, 0.4) is 0 Å². The van der Waals surface area contributed by atoms with E-state index in [1.807, 2.05) is 13.0 Å². The van der Waals surface area contributed by atoms with Crippen molar-refractivity contribution < 1.29 is 0 Å². The molecule has 3 heteroatoms. The van der Waals surface area contributed by atoms with Crippen LogP contribution in [-0.4, -0.2) is 9.55 Å². The van der Waals surface area contributed by atoms with E-state index < -0.39 is 0 Å². The molecule has 96 valence electrons. The van der Waals surface area contributed by atoms with Gasteiger partial charge in [0, 0.05) is 12.1 Å². The molecule has 1 aromatic heterocycles. The van der Waals surface area contributed by atoms with Crippen molar-refractivity contribution in [3.05, 3.63) is 35.7 Å².